The maximum atomic E-state index is 13.1. The summed E-state index contributed by atoms with van der Waals surface area (Å²) in [6, 6.07) is 29.0. The predicted octanol–water partition coefficient (Wildman–Crippen LogP) is 7.80. The maximum absolute atomic E-state index is 13.1. The number of carbonyl (C=O) groups is 1. The summed E-state index contributed by atoms with van der Waals surface area (Å²) in [6.45, 7) is 20.6. The van der Waals surface area contributed by atoms with E-state index < -0.39 is 34.7 Å². The zero-order valence-electron chi connectivity index (χ0n) is 33.3. The molecule has 0 bridgehead atoms. The molecular formula is C44H64O6Si2. The van der Waals surface area contributed by atoms with Crippen LogP contribution in [0, 0.1) is 29.2 Å². The molecule has 52 heavy (non-hydrogen) atoms. The molecule has 3 aromatic carbocycles. The van der Waals surface area contributed by atoms with Gasteiger partial charge in [-0.3, -0.25) is 4.79 Å². The number of rotatable bonds is 19. The zero-order chi connectivity index (χ0) is 38.5. The minimum absolute atomic E-state index is 0.00344. The number of Topliss-reactive ketones (excluding diaryl/α,β-unsaturated/α-hetero) is 1. The Hall–Kier alpha value is -3.04. The van der Waals surface area contributed by atoms with E-state index in [0.29, 0.717) is 19.6 Å². The average Bonchev–Trinajstić information content (AvgIpc) is 3.09. The molecule has 6 atom stereocenters. The number of hydrogen-bond acceptors (Lipinski definition) is 6. The average molecular weight is 745 g/mol. The van der Waals surface area contributed by atoms with E-state index in [4.69, 9.17) is 13.9 Å². The van der Waals surface area contributed by atoms with Gasteiger partial charge in [0.15, 0.2) is 5.78 Å². The Kier molecular flexibility index (Phi) is 16.6. The molecule has 0 spiro atoms. The van der Waals surface area contributed by atoms with Gasteiger partial charge in [0.05, 0.1) is 25.9 Å². The summed E-state index contributed by atoms with van der Waals surface area (Å²) >= 11 is 0. The van der Waals surface area contributed by atoms with Gasteiger partial charge in [0.1, 0.15) is 19.9 Å². The molecule has 0 saturated heterocycles. The smallest absolute Gasteiger partial charge is 0.261 e. The van der Waals surface area contributed by atoms with Crippen LogP contribution in [0.25, 0.3) is 0 Å². The number of aliphatic hydroxyl groups excluding tert-OH is 2. The van der Waals surface area contributed by atoms with Gasteiger partial charge < -0.3 is 24.1 Å². The summed E-state index contributed by atoms with van der Waals surface area (Å²) in [5, 5.41) is 24.6. The molecule has 0 radical (unpaired) electrons. The van der Waals surface area contributed by atoms with Crippen LogP contribution in [-0.2, 0) is 20.6 Å². The van der Waals surface area contributed by atoms with E-state index in [1.807, 2.05) is 31.2 Å². The molecule has 6 nitrogen and oxygen atoms in total. The highest BCUT2D eigenvalue weighted by Crippen LogP contribution is 2.37. The van der Waals surface area contributed by atoms with Crippen LogP contribution in [0.1, 0.15) is 72.8 Å². The van der Waals surface area contributed by atoms with Gasteiger partial charge in [0.2, 0.25) is 0 Å². The monoisotopic (exact) mass is 744 g/mol. The Morgan fingerprint density at radius 2 is 1.37 bits per heavy atom. The highest BCUT2D eigenvalue weighted by Gasteiger charge is 2.50. The van der Waals surface area contributed by atoms with Gasteiger partial charge in [-0.2, -0.15) is 0 Å². The summed E-state index contributed by atoms with van der Waals surface area (Å²) in [4.78, 5) is 13.1. The largest absolute Gasteiger partial charge is 0.497 e. The van der Waals surface area contributed by atoms with Crippen molar-refractivity contribution in [2.75, 3.05) is 13.7 Å². The van der Waals surface area contributed by atoms with Crippen molar-refractivity contribution < 1.29 is 28.9 Å². The minimum atomic E-state index is -2.70. The van der Waals surface area contributed by atoms with E-state index in [0.717, 1.165) is 17.7 Å². The Labute approximate surface area is 316 Å². The lowest BCUT2D eigenvalue weighted by atomic mass is 9.88. The van der Waals surface area contributed by atoms with Gasteiger partial charge in [0, 0.05) is 25.9 Å². The molecule has 0 amide bonds. The normalized spacial score (nSPS) is 15.8. The summed E-state index contributed by atoms with van der Waals surface area (Å²) in [5.41, 5.74) is 4.31. The molecule has 2 N–H and O–H groups in total. The number of aliphatic hydroxyl groups is 2. The lowest BCUT2D eigenvalue weighted by Gasteiger charge is -2.43. The molecule has 0 unspecified atom stereocenters. The van der Waals surface area contributed by atoms with Crippen LogP contribution in [0.2, 0.25) is 24.7 Å². The summed E-state index contributed by atoms with van der Waals surface area (Å²) in [6.07, 6.45) is -1.47. The van der Waals surface area contributed by atoms with Crippen molar-refractivity contribution in [3.63, 3.8) is 0 Å². The Bertz CT molecular complexity index is 1510. The molecule has 0 aliphatic carbocycles. The topological polar surface area (TPSA) is 85.2 Å². The first-order valence-electron chi connectivity index (χ1n) is 18.8. The van der Waals surface area contributed by atoms with E-state index in [1.165, 1.54) is 10.4 Å². The van der Waals surface area contributed by atoms with Crippen molar-refractivity contribution in [1.29, 1.82) is 0 Å². The van der Waals surface area contributed by atoms with Crippen LogP contribution >= 0.6 is 0 Å². The van der Waals surface area contributed by atoms with Gasteiger partial charge >= 0.3 is 0 Å². The van der Waals surface area contributed by atoms with Crippen molar-refractivity contribution in [1.82, 2.24) is 0 Å². The molecular weight excluding hydrogens is 681 g/mol. The number of ketones is 1. The van der Waals surface area contributed by atoms with Crippen LogP contribution in [0.3, 0.4) is 0 Å². The fourth-order valence-corrected chi connectivity index (χ4v) is 12.2. The second-order valence-corrected chi connectivity index (χ2v) is 25.8. The standard InChI is InChI=1S/C44H64O6Si2/c1-33(18-17-27-51(8,9)10)29-40(45)43(47)41(46)30-42(49-32-36-23-25-37(48-7)26-24-36)35(3)28-34(2)31-50-52(44(4,5)6,38-19-13-11-14-20-38)39-21-15-12-16-22-39/h11-16,19-26,33-35,41-43,46-47H,18,28-32H2,1-10H3/t33-,34-,35+,41-,42+,43-/m0/s1. The summed E-state index contributed by atoms with van der Waals surface area (Å²) < 4.78 is 19.1. The fourth-order valence-electron chi connectivity index (χ4n) is 6.88. The van der Waals surface area contributed by atoms with Gasteiger partial charge in [-0.15, -0.1) is 11.5 Å². The molecule has 3 aromatic rings. The first-order valence-corrected chi connectivity index (χ1v) is 24.3. The fraction of sp³-hybridized carbons (Fsp3) is 0.523. The van der Waals surface area contributed by atoms with Gasteiger partial charge in [0.25, 0.3) is 8.32 Å². The van der Waals surface area contributed by atoms with E-state index in [1.54, 1.807) is 7.11 Å². The van der Waals surface area contributed by atoms with Crippen LogP contribution in [-0.4, -0.2) is 64.4 Å². The van der Waals surface area contributed by atoms with Gasteiger partial charge in [-0.05, 0) is 57.3 Å². The molecule has 0 aliphatic heterocycles. The first kappa shape index (κ1) is 43.4. The van der Waals surface area contributed by atoms with Gasteiger partial charge in [-0.1, -0.05) is 134 Å². The van der Waals surface area contributed by atoms with E-state index in [-0.39, 0.29) is 41.4 Å². The first-order chi connectivity index (χ1) is 24.5. The molecule has 0 aromatic heterocycles. The number of hydrogen-bond donors (Lipinski definition) is 2. The molecule has 0 heterocycles. The number of benzene rings is 3. The van der Waals surface area contributed by atoms with Crippen LogP contribution < -0.4 is 15.1 Å². The molecule has 8 heteroatoms. The van der Waals surface area contributed by atoms with Crippen LogP contribution in [0.15, 0.2) is 84.9 Å². The molecule has 284 valence electrons. The molecule has 0 saturated carbocycles. The minimum Gasteiger partial charge on any atom is -0.497 e. The van der Waals surface area contributed by atoms with Crippen molar-refractivity contribution in [2.45, 2.75) is 117 Å². The Morgan fingerprint density at radius 1 is 0.808 bits per heavy atom. The highest BCUT2D eigenvalue weighted by atomic mass is 28.4. The van der Waals surface area contributed by atoms with Crippen molar-refractivity contribution >= 4 is 32.5 Å². The molecule has 3 rings (SSSR count). The van der Waals surface area contributed by atoms with E-state index in [9.17, 15) is 15.0 Å². The highest BCUT2D eigenvalue weighted by molar-refractivity contribution is 6.99. The van der Waals surface area contributed by atoms with Crippen LogP contribution in [0.5, 0.6) is 5.75 Å². The lowest BCUT2D eigenvalue weighted by molar-refractivity contribution is -0.136. The third kappa shape index (κ3) is 12.8. The third-order valence-corrected chi connectivity index (χ3v) is 15.6. The zero-order valence-corrected chi connectivity index (χ0v) is 35.3. The molecule has 0 aliphatic rings. The maximum Gasteiger partial charge on any atom is 0.261 e. The van der Waals surface area contributed by atoms with E-state index >= 15 is 0 Å². The molecule has 0 fully saturated rings. The van der Waals surface area contributed by atoms with Gasteiger partial charge in [-0.25, -0.2) is 0 Å². The Morgan fingerprint density at radius 3 is 1.87 bits per heavy atom. The number of ether oxygens (including phenoxy) is 2. The second-order valence-electron chi connectivity index (χ2n) is 16.8. The summed E-state index contributed by atoms with van der Waals surface area (Å²) in [7, 11) is -2.56. The van der Waals surface area contributed by atoms with Crippen molar-refractivity contribution in [2.24, 2.45) is 17.8 Å². The summed E-state index contributed by atoms with van der Waals surface area (Å²) in [5.74, 6) is 3.81. The predicted molar refractivity (Wildman–Crippen MR) is 219 cm³/mol. The Balaban J connectivity index is 1.77. The number of methoxy groups -OCH3 is 1. The second kappa shape index (κ2) is 19.9. The van der Waals surface area contributed by atoms with E-state index in [2.05, 4.69) is 126 Å². The number of carbonyl (C=O) groups excluding carboxylic acids is 1. The quantitative estimate of drug-likeness (QED) is 0.0964. The van der Waals surface area contributed by atoms with Crippen molar-refractivity contribution in [3.05, 3.63) is 90.5 Å². The van der Waals surface area contributed by atoms with Crippen LogP contribution in [0.4, 0.5) is 0 Å². The third-order valence-electron chi connectivity index (χ3n) is 9.66. The lowest BCUT2D eigenvalue weighted by Crippen LogP contribution is -2.66. The van der Waals surface area contributed by atoms with Crippen molar-refractivity contribution in [3.8, 4) is 17.2 Å². The SMILES string of the molecule is COc1ccc(CO[C@H](C[C@H](O)[C@@H](O)C(=O)C[C@@H](C)CC#C[Si](C)(C)C)[C@H](C)C[C@H](C)CO[Si](c2ccccc2)(c2ccccc2)C(C)(C)C)cc1.